The topological polar surface area (TPSA) is 52.6 Å². The highest BCUT2D eigenvalue weighted by atomic mass is 16.5. The van der Waals surface area contributed by atoms with Crippen molar-refractivity contribution in [3.05, 3.63) is 12.7 Å². The average Bonchev–Trinajstić information content (AvgIpc) is 2.35. The molecule has 0 aromatic rings. The Hall–Kier alpha value is -1.32. The third-order valence-electron chi connectivity index (χ3n) is 2.84. The van der Waals surface area contributed by atoms with E-state index in [1.165, 1.54) is 0 Å². The molecule has 0 saturated carbocycles. The summed E-state index contributed by atoms with van der Waals surface area (Å²) in [6.07, 6.45) is 2.97. The second-order valence-corrected chi connectivity index (χ2v) is 4.96. The van der Waals surface area contributed by atoms with Crippen LogP contribution in [0.3, 0.4) is 0 Å². The summed E-state index contributed by atoms with van der Waals surface area (Å²) < 4.78 is 10.4. The van der Waals surface area contributed by atoms with E-state index in [4.69, 9.17) is 9.47 Å². The van der Waals surface area contributed by atoms with E-state index in [-0.39, 0.29) is 37.0 Å². The number of esters is 2. The van der Waals surface area contributed by atoms with Gasteiger partial charge in [0.15, 0.2) is 0 Å². The Labute approximate surface area is 116 Å². The first-order chi connectivity index (χ1) is 8.90. The molecular formula is C15H26O4. The summed E-state index contributed by atoms with van der Waals surface area (Å²) >= 11 is 0. The molecule has 0 bridgehead atoms. The SMILES string of the molecule is C=CC(C)OC(=O)CCCC(=O)OC(CC)C(C)C. The molecule has 2 unspecified atom stereocenters. The first-order valence-electron chi connectivity index (χ1n) is 6.92. The van der Waals surface area contributed by atoms with Crippen LogP contribution in [0, 0.1) is 5.92 Å². The number of hydrogen-bond acceptors (Lipinski definition) is 4. The maximum Gasteiger partial charge on any atom is 0.306 e. The van der Waals surface area contributed by atoms with Gasteiger partial charge >= 0.3 is 11.9 Å². The number of rotatable bonds is 9. The van der Waals surface area contributed by atoms with Gasteiger partial charge in [0.1, 0.15) is 12.2 Å². The smallest absolute Gasteiger partial charge is 0.306 e. The number of carbonyl (C=O) groups is 2. The molecule has 0 spiro atoms. The molecule has 4 nitrogen and oxygen atoms in total. The van der Waals surface area contributed by atoms with Crippen LogP contribution in [-0.2, 0) is 19.1 Å². The predicted molar refractivity (Wildman–Crippen MR) is 74.6 cm³/mol. The Bertz CT molecular complexity index is 297. The molecule has 0 amide bonds. The van der Waals surface area contributed by atoms with Crippen molar-refractivity contribution in [1.82, 2.24) is 0 Å². The van der Waals surface area contributed by atoms with Gasteiger partial charge in [-0.25, -0.2) is 0 Å². The molecule has 0 aliphatic heterocycles. The van der Waals surface area contributed by atoms with Crippen molar-refractivity contribution >= 4 is 11.9 Å². The minimum atomic E-state index is -0.309. The minimum absolute atomic E-state index is 0.0414. The van der Waals surface area contributed by atoms with E-state index in [2.05, 4.69) is 6.58 Å². The molecule has 0 aromatic carbocycles. The third-order valence-corrected chi connectivity index (χ3v) is 2.84. The lowest BCUT2D eigenvalue weighted by Gasteiger charge is -2.19. The highest BCUT2D eigenvalue weighted by Gasteiger charge is 2.16. The molecule has 0 aromatic heterocycles. The monoisotopic (exact) mass is 270 g/mol. The molecular weight excluding hydrogens is 244 g/mol. The van der Waals surface area contributed by atoms with Crippen LogP contribution in [-0.4, -0.2) is 24.1 Å². The molecule has 0 N–H and O–H groups in total. The molecule has 2 atom stereocenters. The Morgan fingerprint density at radius 2 is 1.63 bits per heavy atom. The average molecular weight is 270 g/mol. The molecule has 110 valence electrons. The highest BCUT2D eigenvalue weighted by molar-refractivity contribution is 5.72. The van der Waals surface area contributed by atoms with E-state index < -0.39 is 0 Å². The van der Waals surface area contributed by atoms with Gasteiger partial charge in [0.25, 0.3) is 0 Å². The lowest BCUT2D eigenvalue weighted by Crippen LogP contribution is -2.22. The van der Waals surface area contributed by atoms with Crippen molar-refractivity contribution in [2.45, 2.75) is 65.6 Å². The van der Waals surface area contributed by atoms with Crippen LogP contribution in [0.15, 0.2) is 12.7 Å². The van der Waals surface area contributed by atoms with Gasteiger partial charge in [-0.1, -0.05) is 33.4 Å². The molecule has 0 heterocycles. The zero-order valence-electron chi connectivity index (χ0n) is 12.5. The largest absolute Gasteiger partial charge is 0.462 e. The van der Waals surface area contributed by atoms with Crippen LogP contribution >= 0.6 is 0 Å². The summed E-state index contributed by atoms with van der Waals surface area (Å²) in [7, 11) is 0. The van der Waals surface area contributed by atoms with Crippen LogP contribution < -0.4 is 0 Å². The molecule has 0 saturated heterocycles. The zero-order valence-corrected chi connectivity index (χ0v) is 12.5. The molecule has 0 aliphatic carbocycles. The quantitative estimate of drug-likeness (QED) is 0.476. The van der Waals surface area contributed by atoms with Gasteiger partial charge < -0.3 is 9.47 Å². The maximum atomic E-state index is 11.6. The zero-order chi connectivity index (χ0) is 14.8. The summed E-state index contributed by atoms with van der Waals surface area (Å²) in [5.74, 6) is -0.242. The van der Waals surface area contributed by atoms with E-state index in [0.29, 0.717) is 12.3 Å². The minimum Gasteiger partial charge on any atom is -0.462 e. The summed E-state index contributed by atoms with van der Waals surface area (Å²) in [5.41, 5.74) is 0. The van der Waals surface area contributed by atoms with Crippen molar-refractivity contribution in [3.63, 3.8) is 0 Å². The molecule has 0 radical (unpaired) electrons. The standard InChI is InChI=1S/C15H26O4/c1-6-12(5)18-14(16)9-8-10-15(17)19-13(7-2)11(3)4/h6,11-13H,1,7-10H2,2-5H3. The van der Waals surface area contributed by atoms with Gasteiger partial charge in [0.05, 0.1) is 0 Å². The van der Waals surface area contributed by atoms with Crippen LogP contribution in [0.5, 0.6) is 0 Å². The Morgan fingerprint density at radius 3 is 2.05 bits per heavy atom. The summed E-state index contributed by atoms with van der Waals surface area (Å²) in [6, 6.07) is 0. The van der Waals surface area contributed by atoms with Crippen molar-refractivity contribution < 1.29 is 19.1 Å². The maximum absolute atomic E-state index is 11.6. The fourth-order valence-electron chi connectivity index (χ4n) is 1.61. The number of ether oxygens (including phenoxy) is 2. The lowest BCUT2D eigenvalue weighted by molar-refractivity contribution is -0.152. The summed E-state index contributed by atoms with van der Waals surface area (Å²) in [6.45, 7) is 11.3. The molecule has 19 heavy (non-hydrogen) atoms. The Kier molecular flexibility index (Phi) is 8.92. The Morgan fingerprint density at radius 1 is 1.11 bits per heavy atom. The summed E-state index contributed by atoms with van der Waals surface area (Å²) in [4.78, 5) is 22.9. The summed E-state index contributed by atoms with van der Waals surface area (Å²) in [5, 5.41) is 0. The van der Waals surface area contributed by atoms with Gasteiger partial charge in [0, 0.05) is 12.8 Å². The van der Waals surface area contributed by atoms with Crippen molar-refractivity contribution in [1.29, 1.82) is 0 Å². The van der Waals surface area contributed by atoms with Crippen LogP contribution in [0.1, 0.15) is 53.4 Å². The normalized spacial score (nSPS) is 13.7. The first kappa shape index (κ1) is 17.7. The van der Waals surface area contributed by atoms with Crippen LogP contribution in [0.2, 0.25) is 0 Å². The predicted octanol–water partition coefficient (Wildman–Crippen LogP) is 3.25. The van der Waals surface area contributed by atoms with Gasteiger partial charge in [-0.2, -0.15) is 0 Å². The van der Waals surface area contributed by atoms with Crippen molar-refractivity contribution in [3.8, 4) is 0 Å². The third kappa shape index (κ3) is 8.41. The molecule has 0 rings (SSSR count). The van der Waals surface area contributed by atoms with E-state index in [1.807, 2.05) is 20.8 Å². The van der Waals surface area contributed by atoms with Crippen LogP contribution in [0.25, 0.3) is 0 Å². The van der Waals surface area contributed by atoms with Crippen molar-refractivity contribution in [2.75, 3.05) is 0 Å². The van der Waals surface area contributed by atoms with Gasteiger partial charge in [0.2, 0.25) is 0 Å². The highest BCUT2D eigenvalue weighted by Crippen LogP contribution is 2.12. The number of carbonyl (C=O) groups excluding carboxylic acids is 2. The van der Waals surface area contributed by atoms with Gasteiger partial charge in [-0.3, -0.25) is 9.59 Å². The second kappa shape index (κ2) is 9.59. The van der Waals surface area contributed by atoms with E-state index in [1.54, 1.807) is 13.0 Å². The van der Waals surface area contributed by atoms with E-state index in [0.717, 1.165) is 6.42 Å². The lowest BCUT2D eigenvalue weighted by atomic mass is 10.1. The van der Waals surface area contributed by atoms with Crippen LogP contribution in [0.4, 0.5) is 0 Å². The van der Waals surface area contributed by atoms with Crippen molar-refractivity contribution in [2.24, 2.45) is 5.92 Å². The van der Waals surface area contributed by atoms with E-state index in [9.17, 15) is 9.59 Å². The fourth-order valence-corrected chi connectivity index (χ4v) is 1.61. The first-order valence-corrected chi connectivity index (χ1v) is 6.92. The number of hydrogen-bond donors (Lipinski definition) is 0. The van der Waals surface area contributed by atoms with Gasteiger partial charge in [-0.05, 0) is 25.7 Å². The second-order valence-electron chi connectivity index (χ2n) is 4.96. The molecule has 0 fully saturated rings. The molecule has 0 aliphatic rings. The Balaban J connectivity index is 3.85. The fraction of sp³-hybridized carbons (Fsp3) is 0.733. The molecule has 4 heteroatoms. The van der Waals surface area contributed by atoms with Gasteiger partial charge in [-0.15, -0.1) is 0 Å². The van der Waals surface area contributed by atoms with E-state index >= 15 is 0 Å².